The largest absolute Gasteiger partial charge is 0.205 e. The third kappa shape index (κ3) is 0.639. The fraction of sp³-hybridized carbons (Fsp3) is 0. The molecule has 0 aliphatic heterocycles. The topological polar surface area (TPSA) is 41.6 Å². The molecule has 2 aromatic rings. The molecule has 2 rings (SSSR count). The van der Waals surface area contributed by atoms with Crippen LogP contribution in [0, 0.1) is 0 Å². The summed E-state index contributed by atoms with van der Waals surface area (Å²) >= 11 is 0. The number of aromatic nitrogens is 2. The molecule has 0 amide bonds. The van der Waals surface area contributed by atoms with Gasteiger partial charge in [0.15, 0.2) is 0 Å². The number of hydrogen-bond donors (Lipinski definition) is 0. The highest BCUT2D eigenvalue weighted by Crippen LogP contribution is 2.08. The van der Waals surface area contributed by atoms with Gasteiger partial charge in [0, 0.05) is 5.39 Å². The maximum absolute atomic E-state index is 7.13. The van der Waals surface area contributed by atoms with E-state index in [-0.39, 0.29) is 0 Å². The Morgan fingerprint density at radius 3 is 2.90 bits per heavy atom. The molecular weight excluding hydrogens is 126 g/mol. The van der Waals surface area contributed by atoms with Gasteiger partial charge >= 0.3 is 0 Å². The van der Waals surface area contributed by atoms with Crippen LogP contribution in [0.1, 0.15) is 0 Å². The summed E-state index contributed by atoms with van der Waals surface area (Å²) in [6.45, 7) is 0. The van der Waals surface area contributed by atoms with E-state index in [0.29, 0.717) is 0 Å². The van der Waals surface area contributed by atoms with Gasteiger partial charge in [-0.1, -0.05) is 18.2 Å². The van der Waals surface area contributed by atoms with Gasteiger partial charge in [0.25, 0.3) is 0 Å². The normalized spacial score (nSPS) is 10.4. The van der Waals surface area contributed by atoms with Crippen molar-refractivity contribution in [2.75, 3.05) is 0 Å². The van der Waals surface area contributed by atoms with E-state index in [9.17, 15) is 0 Å². The SMILES string of the molecule is [NH]n1cc2ccccc2n1. The van der Waals surface area contributed by atoms with Gasteiger partial charge in [0.2, 0.25) is 0 Å². The van der Waals surface area contributed by atoms with E-state index in [4.69, 9.17) is 5.84 Å². The summed E-state index contributed by atoms with van der Waals surface area (Å²) in [5.74, 6) is 7.13. The first-order valence-corrected chi connectivity index (χ1v) is 3.02. The second kappa shape index (κ2) is 1.73. The molecule has 1 aromatic heterocycles. The van der Waals surface area contributed by atoms with Crippen molar-refractivity contribution in [2.45, 2.75) is 0 Å². The van der Waals surface area contributed by atoms with Crippen molar-refractivity contribution < 1.29 is 0 Å². The van der Waals surface area contributed by atoms with Crippen molar-refractivity contribution in [1.82, 2.24) is 15.7 Å². The quantitative estimate of drug-likeness (QED) is 0.528. The minimum atomic E-state index is 0.873. The molecule has 0 fully saturated rings. The van der Waals surface area contributed by atoms with E-state index < -0.39 is 0 Å². The smallest absolute Gasteiger partial charge is 0.0945 e. The zero-order chi connectivity index (χ0) is 6.97. The van der Waals surface area contributed by atoms with Crippen LogP contribution in [0.2, 0.25) is 0 Å². The fourth-order valence-electron chi connectivity index (χ4n) is 0.964. The van der Waals surface area contributed by atoms with Crippen LogP contribution in [0.5, 0.6) is 0 Å². The van der Waals surface area contributed by atoms with Crippen LogP contribution in [0.4, 0.5) is 0 Å². The number of benzene rings is 1. The lowest BCUT2D eigenvalue weighted by molar-refractivity contribution is 0.719. The lowest BCUT2D eigenvalue weighted by Gasteiger charge is -1.80. The van der Waals surface area contributed by atoms with Gasteiger partial charge in [0.05, 0.1) is 11.7 Å². The summed E-state index contributed by atoms with van der Waals surface area (Å²) in [5.41, 5.74) is 0.873. The van der Waals surface area contributed by atoms with Gasteiger partial charge < -0.3 is 0 Å². The van der Waals surface area contributed by atoms with Crippen LogP contribution in [-0.4, -0.2) is 9.89 Å². The second-order valence-electron chi connectivity index (χ2n) is 2.13. The molecule has 0 spiro atoms. The molecule has 0 saturated carbocycles. The van der Waals surface area contributed by atoms with Crippen LogP contribution in [0.15, 0.2) is 30.5 Å². The van der Waals surface area contributed by atoms with Crippen LogP contribution in [0.3, 0.4) is 0 Å². The standard InChI is InChI=1S/C7H6N3/c8-10-5-6-3-1-2-4-7(6)9-10/h1-5,8H. The van der Waals surface area contributed by atoms with Crippen molar-refractivity contribution in [3.8, 4) is 0 Å². The molecule has 0 atom stereocenters. The fourth-order valence-corrected chi connectivity index (χ4v) is 0.964. The number of rotatable bonds is 0. The second-order valence-corrected chi connectivity index (χ2v) is 2.13. The third-order valence-corrected chi connectivity index (χ3v) is 1.41. The summed E-state index contributed by atoms with van der Waals surface area (Å²) in [6, 6.07) is 7.67. The first-order valence-electron chi connectivity index (χ1n) is 3.02. The number of nitrogens with zero attached hydrogens (tertiary/aromatic N) is 2. The van der Waals surface area contributed by atoms with Crippen molar-refractivity contribution in [1.29, 1.82) is 0 Å². The minimum Gasteiger partial charge on any atom is -0.205 e. The lowest BCUT2D eigenvalue weighted by atomic mass is 10.3. The van der Waals surface area contributed by atoms with E-state index in [0.717, 1.165) is 15.7 Å². The molecule has 1 N–H and O–H groups in total. The molecule has 0 bridgehead atoms. The maximum atomic E-state index is 7.13. The predicted octanol–water partition coefficient (Wildman–Crippen LogP) is 1.08. The monoisotopic (exact) mass is 132 g/mol. The summed E-state index contributed by atoms with van der Waals surface area (Å²) in [5, 5.41) is 4.91. The number of hydrogen-bond acceptors (Lipinski definition) is 1. The first kappa shape index (κ1) is 5.29. The third-order valence-electron chi connectivity index (χ3n) is 1.41. The maximum Gasteiger partial charge on any atom is 0.0945 e. The van der Waals surface area contributed by atoms with E-state index in [1.54, 1.807) is 6.20 Å². The van der Waals surface area contributed by atoms with Crippen molar-refractivity contribution in [3.63, 3.8) is 0 Å². The van der Waals surface area contributed by atoms with Crippen LogP contribution in [-0.2, 0) is 0 Å². The Kier molecular flexibility index (Phi) is 0.917. The van der Waals surface area contributed by atoms with E-state index in [1.165, 1.54) is 0 Å². The minimum absolute atomic E-state index is 0.873. The van der Waals surface area contributed by atoms with E-state index in [1.807, 2.05) is 24.3 Å². The summed E-state index contributed by atoms with van der Waals surface area (Å²) in [6.07, 6.45) is 1.68. The van der Waals surface area contributed by atoms with Gasteiger partial charge in [-0.25, -0.2) is 5.84 Å². The van der Waals surface area contributed by atoms with Crippen LogP contribution < -0.4 is 5.84 Å². The van der Waals surface area contributed by atoms with E-state index >= 15 is 0 Å². The number of fused-ring (bicyclic) bond motifs is 1. The lowest BCUT2D eigenvalue weighted by Crippen LogP contribution is -1.90. The Balaban J connectivity index is 2.88. The van der Waals surface area contributed by atoms with Gasteiger partial charge in [-0.2, -0.15) is 9.89 Å². The molecule has 3 nitrogen and oxygen atoms in total. The van der Waals surface area contributed by atoms with Gasteiger partial charge in [-0.05, 0) is 6.07 Å². The highest BCUT2D eigenvalue weighted by atomic mass is 15.5. The van der Waals surface area contributed by atoms with Crippen molar-refractivity contribution in [3.05, 3.63) is 30.5 Å². The molecule has 0 aliphatic rings. The Bertz CT molecular complexity index is 317. The highest BCUT2D eigenvalue weighted by molar-refractivity contribution is 5.77. The molecule has 1 radical (unpaired) electrons. The van der Waals surface area contributed by atoms with Gasteiger partial charge in [0.1, 0.15) is 0 Å². The predicted molar refractivity (Wildman–Crippen MR) is 38.2 cm³/mol. The average molecular weight is 132 g/mol. The Labute approximate surface area is 58.0 Å². The molecule has 1 aromatic carbocycles. The molecule has 10 heavy (non-hydrogen) atoms. The Hall–Kier alpha value is -1.51. The highest BCUT2D eigenvalue weighted by Gasteiger charge is 1.93. The first-order chi connectivity index (χ1) is 4.86. The Morgan fingerprint density at radius 1 is 1.30 bits per heavy atom. The van der Waals surface area contributed by atoms with Gasteiger partial charge in [-0.15, -0.1) is 0 Å². The zero-order valence-electron chi connectivity index (χ0n) is 5.28. The summed E-state index contributed by atoms with van der Waals surface area (Å²) in [7, 11) is 0. The zero-order valence-corrected chi connectivity index (χ0v) is 5.28. The molecule has 49 valence electrons. The molecule has 0 saturated heterocycles. The van der Waals surface area contributed by atoms with Crippen LogP contribution in [0.25, 0.3) is 10.9 Å². The van der Waals surface area contributed by atoms with Crippen LogP contribution >= 0.6 is 0 Å². The van der Waals surface area contributed by atoms with E-state index in [2.05, 4.69) is 5.10 Å². The molecule has 0 aliphatic carbocycles. The molecule has 0 unspecified atom stereocenters. The molecule has 3 heteroatoms. The summed E-state index contributed by atoms with van der Waals surface area (Å²) < 4.78 is 0. The van der Waals surface area contributed by atoms with Crippen molar-refractivity contribution in [2.24, 2.45) is 0 Å². The number of nitrogens with one attached hydrogen (secondary N) is 1. The average Bonchev–Trinajstić information content (AvgIpc) is 2.27. The van der Waals surface area contributed by atoms with Gasteiger partial charge in [-0.3, -0.25) is 0 Å². The molecular formula is C7H6N3. The van der Waals surface area contributed by atoms with Crippen molar-refractivity contribution >= 4 is 10.9 Å². The summed E-state index contributed by atoms with van der Waals surface area (Å²) in [4.78, 5) is 1.07. The Morgan fingerprint density at radius 2 is 2.10 bits per heavy atom. The molecule has 1 heterocycles.